The third-order valence-corrected chi connectivity index (χ3v) is 5.92. The van der Waals surface area contributed by atoms with E-state index in [1.165, 1.54) is 18.7 Å². The number of carboxylic acids is 1. The van der Waals surface area contributed by atoms with Gasteiger partial charge in [-0.3, -0.25) is 19.2 Å². The van der Waals surface area contributed by atoms with E-state index in [1.54, 1.807) is 30.3 Å². The minimum atomic E-state index is -1.39. The number of nitrogens with one attached hydrogen (secondary N) is 3. The van der Waals surface area contributed by atoms with E-state index in [4.69, 9.17) is 11.5 Å². The van der Waals surface area contributed by atoms with Crippen LogP contribution in [-0.2, 0) is 30.4 Å². The van der Waals surface area contributed by atoms with Crippen molar-refractivity contribution in [1.29, 1.82) is 0 Å². The Labute approximate surface area is 213 Å². The topological polar surface area (TPSA) is 214 Å². The summed E-state index contributed by atoms with van der Waals surface area (Å²) in [6, 6.07) is 3.87. The molecular formula is C23H35N5O7S. The van der Waals surface area contributed by atoms with Crippen molar-refractivity contribution in [3.8, 4) is 0 Å². The van der Waals surface area contributed by atoms with Gasteiger partial charge >= 0.3 is 5.97 Å². The molecule has 0 radical (unpaired) electrons. The van der Waals surface area contributed by atoms with E-state index in [-0.39, 0.29) is 25.7 Å². The van der Waals surface area contributed by atoms with Crippen LogP contribution in [0, 0.1) is 0 Å². The van der Waals surface area contributed by atoms with Crippen molar-refractivity contribution in [2.75, 3.05) is 12.0 Å². The highest BCUT2D eigenvalue weighted by Crippen LogP contribution is 2.08. The Hall–Kier alpha value is -3.16. The van der Waals surface area contributed by atoms with Gasteiger partial charge in [0.15, 0.2) is 0 Å². The fourth-order valence-electron chi connectivity index (χ4n) is 3.14. The molecule has 0 heterocycles. The molecule has 1 aromatic rings. The van der Waals surface area contributed by atoms with Gasteiger partial charge in [0.05, 0.1) is 6.10 Å². The molecule has 0 bridgehead atoms. The predicted molar refractivity (Wildman–Crippen MR) is 135 cm³/mol. The molecule has 5 unspecified atom stereocenters. The molecule has 1 rings (SSSR count). The maximum Gasteiger partial charge on any atom is 0.326 e. The van der Waals surface area contributed by atoms with Gasteiger partial charge in [-0.15, -0.1) is 0 Å². The fraction of sp³-hybridized carbons (Fsp3) is 0.522. The summed E-state index contributed by atoms with van der Waals surface area (Å²) in [4.78, 5) is 61.2. The fourth-order valence-corrected chi connectivity index (χ4v) is 3.61. The highest BCUT2D eigenvalue weighted by atomic mass is 32.2. The van der Waals surface area contributed by atoms with Crippen LogP contribution in [0.2, 0.25) is 0 Å². The smallest absolute Gasteiger partial charge is 0.326 e. The molecule has 0 saturated carbocycles. The average Bonchev–Trinajstić information content (AvgIpc) is 2.83. The van der Waals surface area contributed by atoms with Crippen molar-refractivity contribution in [3.05, 3.63) is 35.9 Å². The molecule has 0 spiro atoms. The first-order valence-electron chi connectivity index (χ1n) is 11.3. The normalized spacial score (nSPS) is 15.0. The lowest BCUT2D eigenvalue weighted by atomic mass is 10.0. The number of thioether (sulfide) groups is 1. The number of hydrogen-bond donors (Lipinski definition) is 7. The van der Waals surface area contributed by atoms with Gasteiger partial charge in [-0.25, -0.2) is 4.79 Å². The number of primary amides is 1. The van der Waals surface area contributed by atoms with Crippen molar-refractivity contribution in [1.82, 2.24) is 16.0 Å². The van der Waals surface area contributed by atoms with Crippen LogP contribution in [0.5, 0.6) is 0 Å². The van der Waals surface area contributed by atoms with E-state index in [9.17, 15) is 34.2 Å². The molecule has 0 aliphatic heterocycles. The van der Waals surface area contributed by atoms with E-state index in [1.807, 2.05) is 6.26 Å². The maximum absolute atomic E-state index is 13.1. The Morgan fingerprint density at radius 3 is 2.00 bits per heavy atom. The van der Waals surface area contributed by atoms with Crippen molar-refractivity contribution < 1.29 is 34.2 Å². The van der Waals surface area contributed by atoms with Crippen LogP contribution >= 0.6 is 11.8 Å². The van der Waals surface area contributed by atoms with Crippen molar-refractivity contribution in [2.24, 2.45) is 11.5 Å². The third kappa shape index (κ3) is 11.1. The number of carbonyl (C=O) groups is 5. The molecule has 12 nitrogen and oxygen atoms in total. The summed E-state index contributed by atoms with van der Waals surface area (Å²) in [7, 11) is 0. The van der Waals surface area contributed by atoms with E-state index in [2.05, 4.69) is 16.0 Å². The molecule has 0 aromatic heterocycles. The maximum atomic E-state index is 13.1. The summed E-state index contributed by atoms with van der Waals surface area (Å²) in [5.74, 6) is -3.74. The van der Waals surface area contributed by atoms with Crippen LogP contribution in [0.15, 0.2) is 30.3 Å². The van der Waals surface area contributed by atoms with Crippen molar-refractivity contribution in [3.63, 3.8) is 0 Å². The summed E-state index contributed by atoms with van der Waals surface area (Å²) in [6.45, 7) is 1.35. The summed E-state index contributed by atoms with van der Waals surface area (Å²) >= 11 is 1.44. The number of nitrogens with two attached hydrogens (primary N) is 2. The zero-order chi connectivity index (χ0) is 27.3. The van der Waals surface area contributed by atoms with Gasteiger partial charge in [0.25, 0.3) is 0 Å². The van der Waals surface area contributed by atoms with Gasteiger partial charge in [0.2, 0.25) is 23.6 Å². The lowest BCUT2D eigenvalue weighted by Crippen LogP contribution is -2.58. The molecule has 4 amide bonds. The summed E-state index contributed by atoms with van der Waals surface area (Å²) in [6.07, 6.45) is 0.477. The predicted octanol–water partition coefficient (Wildman–Crippen LogP) is -1.51. The molecule has 36 heavy (non-hydrogen) atoms. The van der Waals surface area contributed by atoms with Gasteiger partial charge in [-0.05, 0) is 37.3 Å². The summed E-state index contributed by atoms with van der Waals surface area (Å²) in [5, 5.41) is 26.5. The number of carbonyl (C=O) groups excluding carboxylic acids is 4. The van der Waals surface area contributed by atoms with Gasteiger partial charge in [-0.2, -0.15) is 11.8 Å². The van der Waals surface area contributed by atoms with Crippen LogP contribution in [0.1, 0.15) is 31.7 Å². The largest absolute Gasteiger partial charge is 0.480 e. The lowest BCUT2D eigenvalue weighted by molar-refractivity contribution is -0.142. The number of aliphatic carboxylic acids is 1. The Bertz CT molecular complexity index is 900. The summed E-state index contributed by atoms with van der Waals surface area (Å²) in [5.41, 5.74) is 11.5. The van der Waals surface area contributed by atoms with E-state index in [0.717, 1.165) is 0 Å². The molecule has 9 N–H and O–H groups in total. The number of rotatable bonds is 16. The standard InChI is InChI=1S/C23H35N5O7S/c1-13(29)19(25)22(33)26-15(10-11-36-2)20(31)28-17(12-14-6-4-3-5-7-14)21(32)27-16(23(34)35)8-9-18(24)30/h3-7,13,15-17,19,29H,8-12,25H2,1-2H3,(H2,24,30)(H,26,33)(H,27,32)(H,28,31)(H,34,35). The number of hydrogen-bond acceptors (Lipinski definition) is 8. The Morgan fingerprint density at radius 2 is 1.47 bits per heavy atom. The molecule has 200 valence electrons. The van der Waals surface area contributed by atoms with Gasteiger partial charge in [0.1, 0.15) is 24.2 Å². The molecule has 0 saturated heterocycles. The Morgan fingerprint density at radius 1 is 0.917 bits per heavy atom. The van der Waals surface area contributed by atoms with Crippen LogP contribution in [0.3, 0.4) is 0 Å². The number of amides is 4. The second-order valence-corrected chi connectivity index (χ2v) is 9.25. The molecule has 0 aliphatic rings. The molecule has 0 fully saturated rings. The first-order valence-corrected chi connectivity index (χ1v) is 12.7. The molecule has 1 aromatic carbocycles. The minimum absolute atomic E-state index is 0.0386. The quantitative estimate of drug-likeness (QED) is 0.133. The molecule has 0 aliphatic carbocycles. The van der Waals surface area contributed by atoms with Crippen LogP contribution in [0.4, 0.5) is 0 Å². The number of benzene rings is 1. The second kappa shape index (κ2) is 15.8. The zero-order valence-corrected chi connectivity index (χ0v) is 21.1. The van der Waals surface area contributed by atoms with E-state index >= 15 is 0 Å². The molecule has 13 heteroatoms. The van der Waals surface area contributed by atoms with Crippen LogP contribution in [-0.4, -0.2) is 82.1 Å². The molecule has 5 atom stereocenters. The summed E-state index contributed by atoms with van der Waals surface area (Å²) < 4.78 is 0. The van der Waals surface area contributed by atoms with Crippen LogP contribution < -0.4 is 27.4 Å². The number of aliphatic hydroxyl groups excluding tert-OH is 1. The van der Waals surface area contributed by atoms with Crippen LogP contribution in [0.25, 0.3) is 0 Å². The minimum Gasteiger partial charge on any atom is -0.480 e. The average molecular weight is 526 g/mol. The van der Waals surface area contributed by atoms with E-state index in [0.29, 0.717) is 11.3 Å². The number of carboxylic acid groups (broad SMARTS) is 1. The zero-order valence-electron chi connectivity index (χ0n) is 20.3. The number of aliphatic hydroxyl groups is 1. The lowest BCUT2D eigenvalue weighted by Gasteiger charge is -2.25. The third-order valence-electron chi connectivity index (χ3n) is 5.28. The van der Waals surface area contributed by atoms with Gasteiger partial charge in [0, 0.05) is 12.8 Å². The highest BCUT2D eigenvalue weighted by Gasteiger charge is 2.31. The second-order valence-electron chi connectivity index (χ2n) is 8.26. The Kier molecular flexibility index (Phi) is 13.5. The van der Waals surface area contributed by atoms with Gasteiger partial charge in [-0.1, -0.05) is 30.3 Å². The first-order chi connectivity index (χ1) is 17.0. The van der Waals surface area contributed by atoms with Gasteiger partial charge < -0.3 is 37.6 Å². The monoisotopic (exact) mass is 525 g/mol. The van der Waals surface area contributed by atoms with E-state index < -0.39 is 59.9 Å². The first kappa shape index (κ1) is 30.9. The van der Waals surface area contributed by atoms with Crippen molar-refractivity contribution in [2.45, 2.75) is 62.9 Å². The van der Waals surface area contributed by atoms with Crippen molar-refractivity contribution >= 4 is 41.4 Å². The highest BCUT2D eigenvalue weighted by molar-refractivity contribution is 7.98. The Balaban J connectivity index is 3.10. The molecular weight excluding hydrogens is 490 g/mol. The SMILES string of the molecule is CSCCC(NC(=O)C(N)C(C)O)C(=O)NC(Cc1ccccc1)C(=O)NC(CCC(N)=O)C(=O)O.